The van der Waals surface area contributed by atoms with E-state index in [-0.39, 0.29) is 18.2 Å². The summed E-state index contributed by atoms with van der Waals surface area (Å²) in [6, 6.07) is 16.6. The van der Waals surface area contributed by atoms with Crippen LogP contribution in [0.2, 0.25) is 0 Å². The van der Waals surface area contributed by atoms with Crippen molar-refractivity contribution in [2.24, 2.45) is 4.99 Å². The van der Waals surface area contributed by atoms with Crippen molar-refractivity contribution in [2.75, 3.05) is 19.0 Å². The lowest BCUT2D eigenvalue weighted by Gasteiger charge is -2.14. The molecular weight excluding hydrogens is 362 g/mol. The van der Waals surface area contributed by atoms with Crippen LogP contribution in [-0.2, 0) is 9.59 Å². The Hall–Kier alpha value is -2.80. The fourth-order valence-electron chi connectivity index (χ4n) is 2.74. The quantitative estimate of drug-likeness (QED) is 0.826. The molecule has 1 unspecified atom stereocenters. The van der Waals surface area contributed by atoms with Crippen LogP contribution in [0.3, 0.4) is 0 Å². The molecule has 140 valence electrons. The van der Waals surface area contributed by atoms with Crippen LogP contribution >= 0.6 is 11.8 Å². The first-order valence-corrected chi connectivity index (χ1v) is 9.55. The number of benzene rings is 2. The van der Waals surface area contributed by atoms with E-state index in [1.165, 1.54) is 11.8 Å². The number of ether oxygens (including phenoxy) is 1. The van der Waals surface area contributed by atoms with Crippen LogP contribution in [0.25, 0.3) is 0 Å². The average molecular weight is 383 g/mol. The second-order valence-corrected chi connectivity index (χ2v) is 7.04. The fourth-order valence-corrected chi connectivity index (χ4v) is 3.96. The minimum atomic E-state index is -0.484. The number of amides is 2. The highest BCUT2D eigenvalue weighted by atomic mass is 32.2. The summed E-state index contributed by atoms with van der Waals surface area (Å²) in [5.74, 6) is 0.348. The molecule has 7 heteroatoms. The van der Waals surface area contributed by atoms with Crippen LogP contribution in [0, 0.1) is 0 Å². The van der Waals surface area contributed by atoms with Crippen LogP contribution in [0.15, 0.2) is 59.6 Å². The average Bonchev–Trinajstić information content (AvgIpc) is 2.97. The molecule has 1 N–H and O–H groups in total. The molecule has 0 aromatic heterocycles. The minimum Gasteiger partial charge on any atom is -0.494 e. The van der Waals surface area contributed by atoms with E-state index in [9.17, 15) is 9.59 Å². The summed E-state index contributed by atoms with van der Waals surface area (Å²) in [5.41, 5.74) is 1.37. The van der Waals surface area contributed by atoms with Crippen molar-refractivity contribution in [3.63, 3.8) is 0 Å². The Bertz CT molecular complexity index is 855. The van der Waals surface area contributed by atoms with E-state index < -0.39 is 5.25 Å². The number of amidine groups is 1. The van der Waals surface area contributed by atoms with Crippen LogP contribution in [0.5, 0.6) is 5.75 Å². The molecular formula is C20H21N3O3S. The number of anilines is 1. The Kier molecular flexibility index (Phi) is 6.13. The monoisotopic (exact) mass is 383 g/mol. The molecule has 1 aliphatic heterocycles. The van der Waals surface area contributed by atoms with Gasteiger partial charge in [0.25, 0.3) is 0 Å². The summed E-state index contributed by atoms with van der Waals surface area (Å²) in [7, 11) is 1.58. The summed E-state index contributed by atoms with van der Waals surface area (Å²) in [6.07, 6.45) is 0.0971. The molecule has 1 saturated heterocycles. The zero-order valence-corrected chi connectivity index (χ0v) is 16.0. The molecule has 2 aromatic rings. The Morgan fingerprint density at radius 1 is 1.19 bits per heavy atom. The second kappa shape index (κ2) is 8.73. The number of rotatable bonds is 6. The van der Waals surface area contributed by atoms with Gasteiger partial charge in [0.05, 0.1) is 7.11 Å². The van der Waals surface area contributed by atoms with Crippen LogP contribution < -0.4 is 10.1 Å². The highest BCUT2D eigenvalue weighted by Gasteiger charge is 2.38. The lowest BCUT2D eigenvalue weighted by atomic mass is 10.2. The third kappa shape index (κ3) is 4.49. The van der Waals surface area contributed by atoms with Gasteiger partial charge in [0.15, 0.2) is 5.17 Å². The van der Waals surface area contributed by atoms with Crippen molar-refractivity contribution < 1.29 is 14.3 Å². The Morgan fingerprint density at radius 3 is 2.59 bits per heavy atom. The van der Waals surface area contributed by atoms with Gasteiger partial charge in [0.1, 0.15) is 16.7 Å². The lowest BCUT2D eigenvalue weighted by Crippen LogP contribution is -2.33. The standard InChI is InChI=1S/C20H21N3O3S/c1-3-23-19(25)17(13-18(24)21-14-9-5-4-6-10-14)27-20(23)22-15-11-7-8-12-16(15)26-2/h4-12,17H,3,13H2,1-2H3,(H,21,24). The molecule has 1 aliphatic rings. The SMILES string of the molecule is CCN1C(=O)C(CC(=O)Nc2ccccc2)SC1=Nc1ccccc1OC. The van der Waals surface area contributed by atoms with Gasteiger partial charge in [0.2, 0.25) is 11.8 Å². The highest BCUT2D eigenvalue weighted by Crippen LogP contribution is 2.34. The second-order valence-electron chi connectivity index (χ2n) is 5.87. The number of para-hydroxylation sites is 3. The Balaban J connectivity index is 1.74. The maximum Gasteiger partial charge on any atom is 0.242 e. The van der Waals surface area contributed by atoms with Crippen molar-refractivity contribution in [3.8, 4) is 5.75 Å². The number of aliphatic imine (C=N–C) groups is 1. The molecule has 1 heterocycles. The Labute approximate surface area is 162 Å². The van der Waals surface area contributed by atoms with Crippen molar-refractivity contribution in [1.82, 2.24) is 4.90 Å². The maximum atomic E-state index is 12.7. The summed E-state index contributed by atoms with van der Waals surface area (Å²) < 4.78 is 5.33. The zero-order valence-electron chi connectivity index (χ0n) is 15.2. The first kappa shape index (κ1) is 19.0. The Morgan fingerprint density at radius 2 is 1.89 bits per heavy atom. The predicted octanol–water partition coefficient (Wildman–Crippen LogP) is 3.68. The summed E-state index contributed by atoms with van der Waals surface area (Å²) in [4.78, 5) is 31.2. The largest absolute Gasteiger partial charge is 0.494 e. The molecule has 27 heavy (non-hydrogen) atoms. The van der Waals surface area contributed by atoms with Gasteiger partial charge in [-0.25, -0.2) is 4.99 Å². The van der Waals surface area contributed by atoms with Gasteiger partial charge in [-0.05, 0) is 31.2 Å². The molecule has 1 atom stereocenters. The number of nitrogens with zero attached hydrogens (tertiary/aromatic N) is 2. The van der Waals surface area contributed by atoms with Gasteiger partial charge in [-0.2, -0.15) is 0 Å². The number of hydrogen-bond acceptors (Lipinski definition) is 5. The summed E-state index contributed by atoms with van der Waals surface area (Å²) >= 11 is 1.31. The number of carbonyl (C=O) groups excluding carboxylic acids is 2. The van der Waals surface area contributed by atoms with E-state index in [4.69, 9.17) is 4.74 Å². The van der Waals surface area contributed by atoms with Crippen molar-refractivity contribution in [2.45, 2.75) is 18.6 Å². The van der Waals surface area contributed by atoms with Crippen LogP contribution in [0.4, 0.5) is 11.4 Å². The summed E-state index contributed by atoms with van der Waals surface area (Å²) in [5, 5.41) is 2.93. The highest BCUT2D eigenvalue weighted by molar-refractivity contribution is 8.15. The van der Waals surface area contributed by atoms with E-state index in [1.54, 1.807) is 12.0 Å². The van der Waals surface area contributed by atoms with Crippen molar-refractivity contribution in [3.05, 3.63) is 54.6 Å². The number of nitrogens with one attached hydrogen (secondary N) is 1. The van der Waals surface area contributed by atoms with Gasteiger partial charge in [-0.3, -0.25) is 14.5 Å². The molecule has 0 saturated carbocycles. The summed E-state index contributed by atoms with van der Waals surface area (Å²) in [6.45, 7) is 2.39. The molecule has 3 rings (SSSR count). The molecule has 1 fully saturated rings. The van der Waals surface area contributed by atoms with Gasteiger partial charge in [-0.1, -0.05) is 42.1 Å². The van der Waals surface area contributed by atoms with E-state index in [2.05, 4.69) is 10.3 Å². The first-order chi connectivity index (χ1) is 13.1. The third-order valence-corrected chi connectivity index (χ3v) is 5.24. The van der Waals surface area contributed by atoms with E-state index in [0.717, 1.165) is 0 Å². The number of thioether (sulfide) groups is 1. The van der Waals surface area contributed by atoms with E-state index >= 15 is 0 Å². The maximum absolute atomic E-state index is 12.7. The van der Waals surface area contributed by atoms with E-state index in [1.807, 2.05) is 61.5 Å². The molecule has 0 radical (unpaired) electrons. The molecule has 6 nitrogen and oxygen atoms in total. The van der Waals surface area contributed by atoms with Gasteiger partial charge in [0, 0.05) is 18.7 Å². The molecule has 0 spiro atoms. The normalized spacial score (nSPS) is 18.0. The molecule has 2 aromatic carbocycles. The predicted molar refractivity (Wildman–Crippen MR) is 109 cm³/mol. The number of hydrogen-bond donors (Lipinski definition) is 1. The number of methoxy groups -OCH3 is 1. The molecule has 0 bridgehead atoms. The number of carbonyl (C=O) groups is 2. The van der Waals surface area contributed by atoms with Gasteiger partial charge in [-0.15, -0.1) is 0 Å². The van der Waals surface area contributed by atoms with Crippen molar-refractivity contribution in [1.29, 1.82) is 0 Å². The topological polar surface area (TPSA) is 71.0 Å². The van der Waals surface area contributed by atoms with Crippen LogP contribution in [0.1, 0.15) is 13.3 Å². The fraction of sp³-hybridized carbons (Fsp3) is 0.250. The van der Waals surface area contributed by atoms with E-state index in [0.29, 0.717) is 28.8 Å². The first-order valence-electron chi connectivity index (χ1n) is 8.67. The lowest BCUT2D eigenvalue weighted by molar-refractivity contribution is -0.128. The zero-order chi connectivity index (χ0) is 19.2. The third-order valence-electron chi connectivity index (χ3n) is 4.07. The van der Waals surface area contributed by atoms with Crippen LogP contribution in [-0.4, -0.2) is 40.8 Å². The minimum absolute atomic E-state index is 0.0971. The molecule has 2 amide bonds. The molecule has 0 aliphatic carbocycles. The van der Waals surface area contributed by atoms with Gasteiger partial charge < -0.3 is 10.1 Å². The van der Waals surface area contributed by atoms with Gasteiger partial charge >= 0.3 is 0 Å². The van der Waals surface area contributed by atoms with Crippen molar-refractivity contribution >= 4 is 40.1 Å². The smallest absolute Gasteiger partial charge is 0.242 e.